The van der Waals surface area contributed by atoms with E-state index in [9.17, 15) is 8.42 Å². The van der Waals surface area contributed by atoms with Gasteiger partial charge in [-0.1, -0.05) is 38.4 Å². The van der Waals surface area contributed by atoms with Crippen molar-refractivity contribution in [2.45, 2.75) is 38.6 Å². The first kappa shape index (κ1) is 16.5. The molecule has 0 amide bonds. The fourth-order valence-electron chi connectivity index (χ4n) is 1.71. The topological polar surface area (TPSA) is 46.2 Å². The summed E-state index contributed by atoms with van der Waals surface area (Å²) in [5.74, 6) is 0. The normalized spacial score (nSPS) is 12.7. The summed E-state index contributed by atoms with van der Waals surface area (Å²) in [7, 11) is -3.25. The van der Waals surface area contributed by atoms with Gasteiger partial charge in [0.1, 0.15) is 0 Å². The lowest BCUT2D eigenvalue weighted by atomic mass is 9.90. The predicted molar refractivity (Wildman–Crippen MR) is 80.3 cm³/mol. The van der Waals surface area contributed by atoms with Crippen molar-refractivity contribution in [3.8, 4) is 0 Å². The van der Waals surface area contributed by atoms with Gasteiger partial charge in [-0.25, -0.2) is 8.42 Å². The van der Waals surface area contributed by atoms with Crippen LogP contribution in [-0.4, -0.2) is 21.2 Å². The number of halogens is 1. The second-order valence-electron chi connectivity index (χ2n) is 5.61. The Morgan fingerprint density at radius 1 is 1.32 bits per heavy atom. The summed E-state index contributed by atoms with van der Waals surface area (Å²) in [6.07, 6.45) is 2.26. The van der Waals surface area contributed by atoms with Crippen LogP contribution in [0.4, 0.5) is 0 Å². The Kier molecular flexibility index (Phi) is 5.42. The van der Waals surface area contributed by atoms with Gasteiger partial charge in [0, 0.05) is 29.9 Å². The van der Waals surface area contributed by atoms with Gasteiger partial charge in [0.2, 0.25) is 0 Å². The van der Waals surface area contributed by atoms with Gasteiger partial charge in [-0.05, 0) is 24.0 Å². The van der Waals surface area contributed by atoms with Gasteiger partial charge in [0.05, 0.1) is 4.90 Å². The number of nitrogens with one attached hydrogen (secondary N) is 1. The maximum atomic E-state index is 11.7. The SMILES string of the molecule is CCC(C)(C)CNCc1c(Cl)cccc1S(C)(=O)=O. The van der Waals surface area contributed by atoms with Crippen molar-refractivity contribution >= 4 is 21.4 Å². The molecule has 0 saturated carbocycles. The van der Waals surface area contributed by atoms with Crippen molar-refractivity contribution in [2.24, 2.45) is 5.41 Å². The molecule has 0 heterocycles. The van der Waals surface area contributed by atoms with Crippen LogP contribution in [0.2, 0.25) is 5.02 Å². The van der Waals surface area contributed by atoms with Crippen molar-refractivity contribution in [1.29, 1.82) is 0 Å². The third kappa shape index (κ3) is 4.79. The van der Waals surface area contributed by atoms with Crippen LogP contribution in [0.3, 0.4) is 0 Å². The molecule has 1 aromatic rings. The number of sulfone groups is 1. The van der Waals surface area contributed by atoms with Crippen molar-refractivity contribution < 1.29 is 8.42 Å². The van der Waals surface area contributed by atoms with Gasteiger partial charge in [0.15, 0.2) is 9.84 Å². The fraction of sp³-hybridized carbons (Fsp3) is 0.571. The third-order valence-corrected chi connectivity index (χ3v) is 4.87. The highest BCUT2D eigenvalue weighted by Gasteiger charge is 2.18. The highest BCUT2D eigenvalue weighted by atomic mass is 35.5. The number of benzene rings is 1. The van der Waals surface area contributed by atoms with Crippen LogP contribution < -0.4 is 5.32 Å². The molecule has 5 heteroatoms. The van der Waals surface area contributed by atoms with Crippen LogP contribution in [-0.2, 0) is 16.4 Å². The highest BCUT2D eigenvalue weighted by molar-refractivity contribution is 7.90. The molecule has 108 valence electrons. The number of hydrogen-bond acceptors (Lipinski definition) is 3. The van der Waals surface area contributed by atoms with E-state index >= 15 is 0 Å². The Bertz CT molecular complexity index is 538. The van der Waals surface area contributed by atoms with E-state index in [-0.39, 0.29) is 5.41 Å². The lowest BCUT2D eigenvalue weighted by molar-refractivity contribution is 0.327. The molecule has 0 unspecified atom stereocenters. The molecule has 0 aromatic heterocycles. The van der Waals surface area contributed by atoms with Crippen molar-refractivity contribution in [3.05, 3.63) is 28.8 Å². The Hall–Kier alpha value is -0.580. The average Bonchev–Trinajstić information content (AvgIpc) is 2.29. The van der Waals surface area contributed by atoms with Crippen LogP contribution in [0.15, 0.2) is 23.1 Å². The minimum atomic E-state index is -3.25. The van der Waals surface area contributed by atoms with E-state index in [4.69, 9.17) is 11.6 Å². The van der Waals surface area contributed by atoms with Gasteiger partial charge >= 0.3 is 0 Å². The van der Waals surface area contributed by atoms with E-state index in [0.717, 1.165) is 13.0 Å². The molecule has 0 aliphatic carbocycles. The van der Waals surface area contributed by atoms with Crippen LogP contribution >= 0.6 is 11.6 Å². The van der Waals surface area contributed by atoms with E-state index in [1.54, 1.807) is 18.2 Å². The third-order valence-electron chi connectivity index (χ3n) is 3.34. The largest absolute Gasteiger partial charge is 0.312 e. The summed E-state index contributed by atoms with van der Waals surface area (Å²) in [5, 5.41) is 3.79. The second kappa shape index (κ2) is 6.25. The van der Waals surface area contributed by atoms with Crippen LogP contribution in [0, 0.1) is 5.41 Å². The summed E-state index contributed by atoms with van der Waals surface area (Å²) in [6.45, 7) is 7.76. The standard InChI is InChI=1S/C14H22ClNO2S/c1-5-14(2,3)10-16-9-11-12(15)7-6-8-13(11)19(4,17)18/h6-8,16H,5,9-10H2,1-4H3. The van der Waals surface area contributed by atoms with Gasteiger partial charge < -0.3 is 5.32 Å². The molecule has 1 rings (SSSR count). The van der Waals surface area contributed by atoms with Crippen molar-refractivity contribution in [1.82, 2.24) is 5.32 Å². The van der Waals surface area contributed by atoms with E-state index in [1.165, 1.54) is 6.26 Å². The molecule has 0 radical (unpaired) electrons. The molecule has 0 spiro atoms. The Morgan fingerprint density at radius 3 is 2.47 bits per heavy atom. The molecule has 0 aliphatic rings. The maximum Gasteiger partial charge on any atom is 0.175 e. The smallest absolute Gasteiger partial charge is 0.175 e. The zero-order valence-corrected chi connectivity index (χ0v) is 13.5. The van der Waals surface area contributed by atoms with Crippen LogP contribution in [0.5, 0.6) is 0 Å². The first-order valence-electron chi connectivity index (χ1n) is 6.35. The van der Waals surface area contributed by atoms with Crippen LogP contribution in [0.25, 0.3) is 0 Å². The summed E-state index contributed by atoms with van der Waals surface area (Å²) < 4.78 is 23.5. The molecule has 0 fully saturated rings. The van der Waals surface area contributed by atoms with Gasteiger partial charge in [0.25, 0.3) is 0 Å². The highest BCUT2D eigenvalue weighted by Crippen LogP contribution is 2.24. The summed E-state index contributed by atoms with van der Waals surface area (Å²) in [6, 6.07) is 4.99. The fourth-order valence-corrected chi connectivity index (χ4v) is 2.96. The van der Waals surface area contributed by atoms with Crippen molar-refractivity contribution in [2.75, 3.05) is 12.8 Å². The van der Waals surface area contributed by atoms with E-state index in [1.807, 2.05) is 0 Å². The Labute approximate surface area is 121 Å². The predicted octanol–water partition coefficient (Wildman–Crippen LogP) is 3.27. The monoisotopic (exact) mass is 303 g/mol. The first-order valence-corrected chi connectivity index (χ1v) is 8.62. The quantitative estimate of drug-likeness (QED) is 0.877. The van der Waals surface area contributed by atoms with Crippen LogP contribution in [0.1, 0.15) is 32.8 Å². The summed E-state index contributed by atoms with van der Waals surface area (Å²) >= 11 is 6.11. The van der Waals surface area contributed by atoms with Gasteiger partial charge in [-0.2, -0.15) is 0 Å². The lowest BCUT2D eigenvalue weighted by Crippen LogP contribution is -2.29. The van der Waals surface area contributed by atoms with Gasteiger partial charge in [-0.3, -0.25) is 0 Å². The zero-order chi connectivity index (χ0) is 14.7. The minimum Gasteiger partial charge on any atom is -0.312 e. The summed E-state index contributed by atoms with van der Waals surface area (Å²) in [5.41, 5.74) is 0.838. The molecular weight excluding hydrogens is 282 g/mol. The molecule has 0 atom stereocenters. The van der Waals surface area contributed by atoms with E-state index < -0.39 is 9.84 Å². The molecule has 0 bridgehead atoms. The van der Waals surface area contributed by atoms with Crippen molar-refractivity contribution in [3.63, 3.8) is 0 Å². The molecule has 19 heavy (non-hydrogen) atoms. The maximum absolute atomic E-state index is 11.7. The molecule has 3 nitrogen and oxygen atoms in total. The number of hydrogen-bond donors (Lipinski definition) is 1. The Balaban J connectivity index is 2.90. The minimum absolute atomic E-state index is 0.187. The van der Waals surface area contributed by atoms with E-state index in [0.29, 0.717) is 22.0 Å². The zero-order valence-electron chi connectivity index (χ0n) is 12.0. The molecule has 0 aliphatic heterocycles. The lowest BCUT2D eigenvalue weighted by Gasteiger charge is -2.23. The average molecular weight is 304 g/mol. The van der Waals surface area contributed by atoms with Gasteiger partial charge in [-0.15, -0.1) is 0 Å². The molecule has 1 N–H and O–H groups in total. The number of rotatable bonds is 6. The van der Waals surface area contributed by atoms with E-state index in [2.05, 4.69) is 26.1 Å². The molecule has 0 saturated heterocycles. The Morgan fingerprint density at radius 2 is 1.95 bits per heavy atom. The first-order chi connectivity index (χ1) is 8.67. The molecule has 1 aromatic carbocycles. The summed E-state index contributed by atoms with van der Waals surface area (Å²) in [4.78, 5) is 0.307. The second-order valence-corrected chi connectivity index (χ2v) is 8.00. The molecular formula is C14H22ClNO2S.